The van der Waals surface area contributed by atoms with Crippen LogP contribution in [0.1, 0.15) is 40.3 Å². The molecule has 0 fully saturated rings. The summed E-state index contributed by atoms with van der Waals surface area (Å²) in [5.41, 5.74) is 2.32. The molecule has 2 rings (SSSR count). The Morgan fingerprint density at radius 2 is 1.95 bits per heavy atom. The summed E-state index contributed by atoms with van der Waals surface area (Å²) in [6, 6.07) is 6.20. The number of nitrogens with one attached hydrogen (secondary N) is 1. The maximum absolute atomic E-state index is 4.82. The van der Waals surface area contributed by atoms with Crippen LogP contribution in [0.2, 0.25) is 0 Å². The van der Waals surface area contributed by atoms with Crippen LogP contribution in [-0.4, -0.2) is 21.2 Å². The van der Waals surface area contributed by atoms with Crippen LogP contribution in [0, 0.1) is 11.8 Å². The van der Waals surface area contributed by atoms with Crippen LogP contribution in [0.4, 0.5) is 0 Å². The third-order valence-electron chi connectivity index (χ3n) is 3.67. The van der Waals surface area contributed by atoms with Gasteiger partial charge in [0.05, 0.1) is 5.69 Å². The van der Waals surface area contributed by atoms with Gasteiger partial charge >= 0.3 is 0 Å². The minimum absolute atomic E-state index is 0.568. The Hall–Kier alpha value is -1.00. The van der Waals surface area contributed by atoms with Gasteiger partial charge in [-0.15, -0.1) is 11.8 Å². The molecule has 4 heteroatoms. The summed E-state index contributed by atoms with van der Waals surface area (Å²) in [7, 11) is 0. The van der Waals surface area contributed by atoms with Crippen LogP contribution in [-0.2, 0) is 6.54 Å². The third-order valence-corrected chi connectivity index (χ3v) is 5.14. The van der Waals surface area contributed by atoms with Crippen molar-refractivity contribution in [1.29, 1.82) is 0 Å². The van der Waals surface area contributed by atoms with Crippen LogP contribution in [0.15, 0.2) is 29.4 Å². The molecule has 2 aromatic rings. The van der Waals surface area contributed by atoms with Gasteiger partial charge < -0.3 is 9.72 Å². The van der Waals surface area contributed by atoms with Crippen LogP contribution in [0.5, 0.6) is 0 Å². The zero-order valence-electron chi connectivity index (χ0n) is 13.8. The predicted molar refractivity (Wildman–Crippen MR) is 91.9 cm³/mol. The van der Waals surface area contributed by atoms with Crippen molar-refractivity contribution in [3.8, 4) is 0 Å². The predicted octanol–water partition coefficient (Wildman–Crippen LogP) is 4.22. The summed E-state index contributed by atoms with van der Waals surface area (Å²) >= 11 is 1.89. The first-order chi connectivity index (χ1) is 9.99. The molecule has 0 aliphatic rings. The Morgan fingerprint density at radius 3 is 2.62 bits per heavy atom. The molecule has 0 aliphatic heterocycles. The molecule has 0 radical (unpaired) electrons. The maximum Gasteiger partial charge on any atom is 0.138 e. The highest BCUT2D eigenvalue weighted by atomic mass is 32.2. The monoisotopic (exact) mass is 305 g/mol. The molecule has 2 aromatic heterocycles. The second-order valence-corrected chi connectivity index (χ2v) is 7.75. The molecular formula is C17H27N3S. The molecule has 0 bridgehead atoms. The molecule has 0 amide bonds. The molecule has 2 heterocycles. The molecule has 0 spiro atoms. The molecule has 1 N–H and O–H groups in total. The average molecular weight is 305 g/mol. The average Bonchev–Trinajstić information content (AvgIpc) is 2.76. The molecule has 1 atom stereocenters. The first kappa shape index (κ1) is 16.4. The molecule has 3 nitrogen and oxygen atoms in total. The lowest BCUT2D eigenvalue weighted by molar-refractivity contribution is 0.543. The van der Waals surface area contributed by atoms with Crippen molar-refractivity contribution < 1.29 is 0 Å². The van der Waals surface area contributed by atoms with Gasteiger partial charge in [-0.1, -0.05) is 40.7 Å². The highest BCUT2D eigenvalue weighted by Gasteiger charge is 2.17. The first-order valence-electron chi connectivity index (χ1n) is 7.82. The standard InChI is InChI=1S/C17H27N3S/c1-12(2)10-18-11-15-17(21-14(5)13(3)4)19-16-8-6-7-9-20(15)16/h6-9,12-14,18H,10-11H2,1-5H3. The van der Waals surface area contributed by atoms with Crippen molar-refractivity contribution >= 4 is 17.4 Å². The van der Waals surface area contributed by atoms with Crippen molar-refractivity contribution in [3.63, 3.8) is 0 Å². The van der Waals surface area contributed by atoms with Crippen LogP contribution >= 0.6 is 11.8 Å². The Balaban J connectivity index is 2.25. The van der Waals surface area contributed by atoms with E-state index < -0.39 is 0 Å². The number of aromatic nitrogens is 2. The van der Waals surface area contributed by atoms with Gasteiger partial charge in [0.15, 0.2) is 0 Å². The summed E-state index contributed by atoms with van der Waals surface area (Å²) in [5, 5.41) is 5.28. The highest BCUT2D eigenvalue weighted by molar-refractivity contribution is 7.99. The zero-order valence-corrected chi connectivity index (χ0v) is 14.6. The van der Waals surface area contributed by atoms with Gasteiger partial charge in [0.25, 0.3) is 0 Å². The number of thioether (sulfide) groups is 1. The van der Waals surface area contributed by atoms with E-state index >= 15 is 0 Å². The van der Waals surface area contributed by atoms with E-state index in [9.17, 15) is 0 Å². The molecular weight excluding hydrogens is 278 g/mol. The second-order valence-electron chi connectivity index (χ2n) is 6.38. The van der Waals surface area contributed by atoms with Gasteiger partial charge in [-0.25, -0.2) is 4.98 Å². The molecule has 116 valence electrons. The van der Waals surface area contributed by atoms with E-state index in [1.165, 1.54) is 10.7 Å². The lowest BCUT2D eigenvalue weighted by Crippen LogP contribution is -2.20. The lowest BCUT2D eigenvalue weighted by atomic mass is 10.2. The maximum atomic E-state index is 4.82. The lowest BCUT2D eigenvalue weighted by Gasteiger charge is -2.15. The van der Waals surface area contributed by atoms with Crippen molar-refractivity contribution in [3.05, 3.63) is 30.1 Å². The second kappa shape index (κ2) is 7.32. The smallest absolute Gasteiger partial charge is 0.138 e. The summed E-state index contributed by atoms with van der Waals surface area (Å²) in [5.74, 6) is 1.31. The zero-order chi connectivity index (χ0) is 15.4. The minimum Gasteiger partial charge on any atom is -0.311 e. The fourth-order valence-electron chi connectivity index (χ4n) is 2.07. The minimum atomic E-state index is 0.568. The third kappa shape index (κ3) is 4.24. The van der Waals surface area contributed by atoms with Crippen LogP contribution < -0.4 is 5.32 Å². The van der Waals surface area contributed by atoms with Crippen molar-refractivity contribution in [1.82, 2.24) is 14.7 Å². The largest absolute Gasteiger partial charge is 0.311 e. The van der Waals surface area contributed by atoms with Gasteiger partial charge in [0.1, 0.15) is 10.7 Å². The SMILES string of the molecule is CC(C)CNCc1c(SC(C)C(C)C)nc2ccccn12. The van der Waals surface area contributed by atoms with Gasteiger partial charge in [0.2, 0.25) is 0 Å². The highest BCUT2D eigenvalue weighted by Crippen LogP contribution is 2.30. The van der Waals surface area contributed by atoms with E-state index in [0.717, 1.165) is 18.7 Å². The number of pyridine rings is 1. The van der Waals surface area contributed by atoms with Crippen molar-refractivity contribution in [2.45, 2.75) is 51.4 Å². The van der Waals surface area contributed by atoms with E-state index in [-0.39, 0.29) is 0 Å². The number of hydrogen-bond acceptors (Lipinski definition) is 3. The fourth-order valence-corrected chi connectivity index (χ4v) is 3.15. The molecule has 0 aliphatic carbocycles. The first-order valence-corrected chi connectivity index (χ1v) is 8.70. The molecule has 1 unspecified atom stereocenters. The number of imidazole rings is 1. The Labute approximate surface area is 132 Å². The quantitative estimate of drug-likeness (QED) is 0.777. The van der Waals surface area contributed by atoms with E-state index in [1.807, 2.05) is 17.8 Å². The number of hydrogen-bond donors (Lipinski definition) is 1. The molecule has 21 heavy (non-hydrogen) atoms. The van der Waals surface area contributed by atoms with Gasteiger partial charge in [0, 0.05) is 18.0 Å². The number of rotatable bonds is 7. The molecule has 0 saturated carbocycles. The van der Waals surface area contributed by atoms with E-state index in [2.05, 4.69) is 62.7 Å². The van der Waals surface area contributed by atoms with Gasteiger partial charge in [-0.2, -0.15) is 0 Å². The summed E-state index contributed by atoms with van der Waals surface area (Å²) in [6.07, 6.45) is 2.11. The number of fused-ring (bicyclic) bond motifs is 1. The van der Waals surface area contributed by atoms with Gasteiger partial charge in [-0.05, 0) is 30.5 Å². The number of nitrogens with zero attached hydrogens (tertiary/aromatic N) is 2. The normalized spacial score (nSPS) is 13.5. The molecule has 0 aromatic carbocycles. The fraction of sp³-hybridized carbons (Fsp3) is 0.588. The Morgan fingerprint density at radius 1 is 1.19 bits per heavy atom. The van der Waals surface area contributed by atoms with E-state index in [1.54, 1.807) is 0 Å². The van der Waals surface area contributed by atoms with E-state index in [0.29, 0.717) is 17.1 Å². The summed E-state index contributed by atoms with van der Waals surface area (Å²) in [4.78, 5) is 4.82. The van der Waals surface area contributed by atoms with Crippen LogP contribution in [0.3, 0.4) is 0 Å². The molecule has 0 saturated heterocycles. The van der Waals surface area contributed by atoms with E-state index in [4.69, 9.17) is 4.98 Å². The summed E-state index contributed by atoms with van der Waals surface area (Å²) in [6.45, 7) is 13.2. The summed E-state index contributed by atoms with van der Waals surface area (Å²) < 4.78 is 2.21. The van der Waals surface area contributed by atoms with Crippen LogP contribution in [0.25, 0.3) is 5.65 Å². The Kier molecular flexibility index (Phi) is 5.71. The topological polar surface area (TPSA) is 29.3 Å². The van der Waals surface area contributed by atoms with Crippen molar-refractivity contribution in [2.75, 3.05) is 6.54 Å². The van der Waals surface area contributed by atoms with Gasteiger partial charge in [-0.3, -0.25) is 0 Å². The van der Waals surface area contributed by atoms with Crippen molar-refractivity contribution in [2.24, 2.45) is 11.8 Å². The Bertz CT molecular complexity index is 574.